The van der Waals surface area contributed by atoms with Crippen LogP contribution in [0.5, 0.6) is 0 Å². The lowest BCUT2D eigenvalue weighted by molar-refractivity contribution is 0.0661. The first kappa shape index (κ1) is 37.9. The number of aromatic nitrogens is 3. The van der Waals surface area contributed by atoms with Crippen molar-refractivity contribution < 1.29 is 13.9 Å². The molecular weight excluding hydrogens is 693 g/mol. The van der Waals surface area contributed by atoms with E-state index >= 15 is 4.39 Å². The van der Waals surface area contributed by atoms with Crippen LogP contribution in [0.1, 0.15) is 86.3 Å². The third-order valence-electron chi connectivity index (χ3n) is 10.0. The van der Waals surface area contributed by atoms with Gasteiger partial charge in [0.1, 0.15) is 0 Å². The van der Waals surface area contributed by atoms with E-state index in [1.54, 1.807) is 54.7 Å². The Morgan fingerprint density at radius 1 is 1.11 bits per heavy atom. The molecule has 53 heavy (non-hydrogen) atoms. The summed E-state index contributed by atoms with van der Waals surface area (Å²) in [4.78, 5) is 34.8. The maximum absolute atomic E-state index is 15.9. The Morgan fingerprint density at radius 2 is 1.87 bits per heavy atom. The molecule has 0 amide bonds. The molecule has 0 spiro atoms. The Labute approximate surface area is 314 Å². The van der Waals surface area contributed by atoms with Crippen LogP contribution in [0.3, 0.4) is 0 Å². The van der Waals surface area contributed by atoms with Gasteiger partial charge in [-0.3, -0.25) is 24.2 Å². The van der Waals surface area contributed by atoms with Crippen molar-refractivity contribution in [1.29, 1.82) is 5.41 Å². The van der Waals surface area contributed by atoms with Crippen molar-refractivity contribution in [1.82, 2.24) is 19.0 Å². The Hall–Kier alpha value is -4.84. The predicted molar refractivity (Wildman–Crippen MR) is 208 cm³/mol. The lowest BCUT2D eigenvalue weighted by Crippen LogP contribution is -2.43. The first-order chi connectivity index (χ1) is 25.5. The fourth-order valence-electron chi connectivity index (χ4n) is 7.53. The normalized spacial score (nSPS) is 16.8. The van der Waals surface area contributed by atoms with Crippen molar-refractivity contribution in [3.05, 3.63) is 117 Å². The van der Waals surface area contributed by atoms with Crippen molar-refractivity contribution in [2.24, 2.45) is 11.5 Å². The number of nitrogens with two attached hydrogens (primary N) is 2. The van der Waals surface area contributed by atoms with Crippen molar-refractivity contribution in [2.75, 3.05) is 13.2 Å². The molecule has 1 fully saturated rings. The number of amidine groups is 1. The zero-order valence-corrected chi connectivity index (χ0v) is 31.0. The Kier molecular flexibility index (Phi) is 12.1. The van der Waals surface area contributed by atoms with Crippen LogP contribution in [0.15, 0.2) is 83.8 Å². The zero-order valence-electron chi connectivity index (χ0n) is 30.2. The second kappa shape index (κ2) is 16.9. The van der Waals surface area contributed by atoms with Gasteiger partial charge in [-0.05, 0) is 118 Å². The predicted octanol–water partition coefficient (Wildman–Crippen LogP) is 7.61. The highest BCUT2D eigenvalue weighted by atomic mass is 35.5. The molecule has 1 aliphatic heterocycles. The monoisotopic (exact) mass is 739 g/mol. The molecule has 1 aliphatic rings. The maximum atomic E-state index is 15.9. The summed E-state index contributed by atoms with van der Waals surface area (Å²) in [6.07, 6.45) is 8.80. The van der Waals surface area contributed by atoms with Crippen LogP contribution in [0.4, 0.5) is 4.39 Å². The number of benzene rings is 3. The standard InChI is InChI=1S/C41H47ClFN7O3/c1-3-20-48-31(19-21-53-40(45)46)13-8-14-35(48)28-15-17-32(18-16-28)49-25-30-24-36(33-22-27(10-7-9-26(2)44)23-34(42)37(33)43)50(38(30)47-41(49)52)39(51)29-11-5-4-6-12-29/h4-6,11-12,15-18,22-26,31,35H,3,7-10,13-14,19-21,44H2,1-2H3,(H3,45,46)/t26-,31-,35-/m0/s1. The zero-order chi connectivity index (χ0) is 37.6. The van der Waals surface area contributed by atoms with Gasteiger partial charge in [-0.15, -0.1) is 0 Å². The number of fused-ring (bicyclic) bond motifs is 1. The molecular formula is C41H47ClFN7O3. The summed E-state index contributed by atoms with van der Waals surface area (Å²) >= 11 is 6.44. The average Bonchev–Trinajstić information content (AvgIpc) is 3.51. The highest BCUT2D eigenvalue weighted by molar-refractivity contribution is 6.31. The first-order valence-corrected chi connectivity index (χ1v) is 18.7. The molecule has 3 aromatic carbocycles. The van der Waals surface area contributed by atoms with Gasteiger partial charge in [0, 0.05) is 40.8 Å². The molecule has 0 saturated carbocycles. The van der Waals surface area contributed by atoms with Crippen LogP contribution >= 0.6 is 11.6 Å². The summed E-state index contributed by atoms with van der Waals surface area (Å²) in [7, 11) is 0. The lowest BCUT2D eigenvalue weighted by atomic mass is 9.89. The van der Waals surface area contributed by atoms with Gasteiger partial charge in [0.25, 0.3) is 11.9 Å². The van der Waals surface area contributed by atoms with E-state index in [4.69, 9.17) is 33.2 Å². The van der Waals surface area contributed by atoms with Crippen LogP contribution < -0.4 is 17.2 Å². The number of ether oxygens (including phenoxy) is 1. The molecule has 3 heterocycles. The minimum absolute atomic E-state index is 0.0342. The number of nitrogens with one attached hydrogen (secondary N) is 1. The van der Waals surface area contributed by atoms with Gasteiger partial charge < -0.3 is 16.2 Å². The summed E-state index contributed by atoms with van der Waals surface area (Å²) in [5, 5.41) is 7.84. The van der Waals surface area contributed by atoms with Gasteiger partial charge in [0.2, 0.25) is 0 Å². The third kappa shape index (κ3) is 8.53. The second-order valence-electron chi connectivity index (χ2n) is 13.9. The van der Waals surface area contributed by atoms with E-state index in [9.17, 15) is 9.59 Å². The van der Waals surface area contributed by atoms with E-state index < -0.39 is 17.4 Å². The van der Waals surface area contributed by atoms with Crippen LogP contribution in [0.25, 0.3) is 28.0 Å². The SMILES string of the molecule is CCCN1[C@H](CCOC(=N)N)CCC[C@H]1c1ccc(-n2cc3cc(-c4cc(CCC[C@H](C)N)cc(Cl)c4F)n(C(=O)c4ccccc4)c3nc2=O)cc1. The minimum Gasteiger partial charge on any atom is -0.466 e. The Morgan fingerprint density at radius 3 is 2.57 bits per heavy atom. The highest BCUT2D eigenvalue weighted by Crippen LogP contribution is 2.37. The van der Waals surface area contributed by atoms with E-state index in [0.29, 0.717) is 35.7 Å². The van der Waals surface area contributed by atoms with Gasteiger partial charge in [0.05, 0.1) is 23.0 Å². The van der Waals surface area contributed by atoms with Gasteiger partial charge in [-0.25, -0.2) is 9.18 Å². The number of carbonyl (C=O) groups is 1. The molecule has 0 radical (unpaired) electrons. The van der Waals surface area contributed by atoms with Gasteiger partial charge >= 0.3 is 5.69 Å². The fourth-order valence-corrected chi connectivity index (χ4v) is 7.77. The summed E-state index contributed by atoms with van der Waals surface area (Å²) in [6, 6.07) is 21.9. The third-order valence-corrected chi connectivity index (χ3v) is 10.3. The summed E-state index contributed by atoms with van der Waals surface area (Å²) in [5.74, 6) is -1.11. The van der Waals surface area contributed by atoms with E-state index in [1.807, 2.05) is 19.1 Å². The molecule has 0 aliphatic carbocycles. The van der Waals surface area contributed by atoms with Crippen LogP contribution in [0, 0.1) is 11.2 Å². The Balaban J connectivity index is 1.38. The maximum Gasteiger partial charge on any atom is 0.354 e. The van der Waals surface area contributed by atoms with Gasteiger partial charge in [-0.1, -0.05) is 48.9 Å². The number of nitrogens with zero attached hydrogens (tertiary/aromatic N) is 4. The molecule has 278 valence electrons. The summed E-state index contributed by atoms with van der Waals surface area (Å²) in [6.45, 7) is 5.45. The average molecular weight is 740 g/mol. The topological polar surface area (TPSA) is 145 Å². The largest absolute Gasteiger partial charge is 0.466 e. The van der Waals surface area contributed by atoms with Gasteiger partial charge in [0.15, 0.2) is 11.5 Å². The summed E-state index contributed by atoms with van der Waals surface area (Å²) < 4.78 is 23.9. The molecule has 0 bridgehead atoms. The molecule has 5 N–H and O–H groups in total. The Bertz CT molecular complexity index is 2130. The molecule has 1 saturated heterocycles. The van der Waals surface area contributed by atoms with Gasteiger partial charge in [-0.2, -0.15) is 4.98 Å². The number of piperidine rings is 1. The molecule has 5 aromatic rings. The van der Waals surface area contributed by atoms with Crippen LogP contribution in [-0.2, 0) is 11.2 Å². The fraction of sp³-hybridized carbons (Fsp3) is 0.366. The molecule has 12 heteroatoms. The van der Waals surface area contributed by atoms with Crippen molar-refractivity contribution in [2.45, 2.75) is 83.3 Å². The number of hydrogen-bond donors (Lipinski definition) is 3. The van der Waals surface area contributed by atoms with Crippen LogP contribution in [0.2, 0.25) is 5.02 Å². The van der Waals surface area contributed by atoms with E-state index in [2.05, 4.69) is 28.9 Å². The van der Waals surface area contributed by atoms with Crippen molar-refractivity contribution in [3.8, 4) is 16.9 Å². The van der Waals surface area contributed by atoms with E-state index in [1.165, 1.54) is 9.13 Å². The van der Waals surface area contributed by atoms with Crippen LogP contribution in [-0.4, -0.2) is 56.2 Å². The minimum atomic E-state index is -0.660. The molecule has 2 aromatic heterocycles. The number of hydrogen-bond acceptors (Lipinski definition) is 7. The molecule has 3 atom stereocenters. The van der Waals surface area contributed by atoms with Crippen molar-refractivity contribution >= 4 is 34.6 Å². The van der Waals surface area contributed by atoms with E-state index in [0.717, 1.165) is 62.6 Å². The molecule has 0 unspecified atom stereocenters. The first-order valence-electron chi connectivity index (χ1n) is 18.4. The second-order valence-corrected chi connectivity index (χ2v) is 14.4. The molecule has 10 nitrogen and oxygen atoms in total. The smallest absolute Gasteiger partial charge is 0.354 e. The van der Waals surface area contributed by atoms with Crippen molar-refractivity contribution in [3.63, 3.8) is 0 Å². The lowest BCUT2D eigenvalue weighted by Gasteiger charge is -2.42. The number of likely N-dealkylation sites (tertiary alicyclic amines) is 1. The quantitative estimate of drug-likeness (QED) is 0.0833. The highest BCUT2D eigenvalue weighted by Gasteiger charge is 2.31. The van der Waals surface area contributed by atoms with E-state index in [-0.39, 0.29) is 40.0 Å². The number of rotatable bonds is 13. The number of aryl methyl sites for hydroxylation is 1. The molecule has 6 rings (SSSR count). The number of carbonyl (C=O) groups excluding carboxylic acids is 1. The number of halogens is 2. The summed E-state index contributed by atoms with van der Waals surface area (Å²) in [5.41, 5.74) is 14.3.